The van der Waals surface area contributed by atoms with Gasteiger partial charge in [-0.2, -0.15) is 0 Å². The maximum Gasteiger partial charge on any atom is 0.339 e. The van der Waals surface area contributed by atoms with Gasteiger partial charge in [-0.15, -0.1) is 0 Å². The Morgan fingerprint density at radius 3 is 1.53 bits per heavy atom. The third kappa shape index (κ3) is 9.88. The fourth-order valence-electron chi connectivity index (χ4n) is 7.11. The molecule has 0 heterocycles. The van der Waals surface area contributed by atoms with Gasteiger partial charge in [-0.3, -0.25) is 0 Å². The van der Waals surface area contributed by atoms with Crippen LogP contribution in [-0.2, 0) is 19.1 Å². The van der Waals surface area contributed by atoms with E-state index in [9.17, 15) is 55.5 Å². The largest absolute Gasteiger partial charge is 0.508 e. The second-order valence-corrected chi connectivity index (χ2v) is 14.0. The van der Waals surface area contributed by atoms with Crippen LogP contribution in [0.5, 0.6) is 17.2 Å². The molecule has 9 N–H and O–H groups in total. The molecular formula is C38H50O13. The number of aromatic hydroxyl groups is 3. The van der Waals surface area contributed by atoms with Crippen LogP contribution in [0.25, 0.3) is 12.2 Å². The van der Waals surface area contributed by atoms with E-state index in [0.29, 0.717) is 31.2 Å². The van der Waals surface area contributed by atoms with E-state index in [-0.39, 0.29) is 99.6 Å². The predicted molar refractivity (Wildman–Crippen MR) is 185 cm³/mol. The zero-order valence-electron chi connectivity index (χ0n) is 28.6. The summed E-state index contributed by atoms with van der Waals surface area (Å²) >= 11 is 0. The molecule has 0 radical (unpaired) electrons. The first-order valence-electron chi connectivity index (χ1n) is 17.3. The number of hydrogen-bond donors (Lipinski definition) is 9. The lowest BCUT2D eigenvalue weighted by Crippen LogP contribution is -2.45. The number of aliphatic hydroxyl groups excluding tert-OH is 6. The molecule has 2 aromatic carbocycles. The van der Waals surface area contributed by atoms with E-state index < -0.39 is 46.5 Å². The molecule has 0 saturated heterocycles. The molecule has 2 saturated carbocycles. The predicted octanol–water partition coefficient (Wildman–Crippen LogP) is 2.40. The van der Waals surface area contributed by atoms with Crippen molar-refractivity contribution in [3.8, 4) is 17.2 Å². The molecule has 13 nitrogen and oxygen atoms in total. The third-order valence-electron chi connectivity index (χ3n) is 10.6. The summed E-state index contributed by atoms with van der Waals surface area (Å²) in [7, 11) is 0. The minimum Gasteiger partial charge on any atom is -0.508 e. The molecule has 0 amide bonds. The molecule has 280 valence electrons. The number of carbonyl (C=O) groups excluding carboxylic acids is 2. The number of benzene rings is 2. The third-order valence-corrected chi connectivity index (χ3v) is 10.6. The molecular weight excluding hydrogens is 664 g/mol. The zero-order chi connectivity index (χ0) is 37.2. The Morgan fingerprint density at radius 2 is 1.12 bits per heavy atom. The number of hydrogen-bond acceptors (Lipinski definition) is 13. The average molecular weight is 715 g/mol. The van der Waals surface area contributed by atoms with Crippen molar-refractivity contribution in [3.63, 3.8) is 0 Å². The summed E-state index contributed by atoms with van der Waals surface area (Å²) in [6, 6.07) is 9.67. The first-order valence-corrected chi connectivity index (χ1v) is 17.3. The molecule has 6 atom stereocenters. The van der Waals surface area contributed by atoms with Gasteiger partial charge in [-0.05, 0) is 111 Å². The Hall–Kier alpha value is -3.98. The Bertz CT molecular complexity index is 1540. The monoisotopic (exact) mass is 714 g/mol. The molecule has 0 aromatic heterocycles. The van der Waals surface area contributed by atoms with E-state index in [1.807, 2.05) is 0 Å². The number of rotatable bonds is 15. The van der Waals surface area contributed by atoms with Crippen molar-refractivity contribution < 1.29 is 65.0 Å². The van der Waals surface area contributed by atoms with Crippen LogP contribution < -0.4 is 0 Å². The molecule has 2 aromatic rings. The highest BCUT2D eigenvalue weighted by Gasteiger charge is 2.43. The fourth-order valence-corrected chi connectivity index (χ4v) is 7.11. The normalized spacial score (nSPS) is 27.2. The minimum absolute atomic E-state index is 0.0269. The second kappa shape index (κ2) is 18.0. The standard InChI is InChI=1S/C38H50O13/c39-13-11-37(22-41)9-7-26(18-33(37)46)20-50-35(48)29(15-24-1-4-28(43)5-2-24)30(16-25-3-6-31(44)32(45)17-25)36(49)51-21-27-8-10-38(23-42,12-14-40)34(47)19-27/h1-6,15-17,26-27,33-34,39-47H,7-14,18-23H2/b29-15+,30-16+/t26-,27-,33-,34-,37+,38+/m0/s1. The van der Waals surface area contributed by atoms with E-state index in [4.69, 9.17) is 9.47 Å². The molecule has 4 rings (SSSR count). The van der Waals surface area contributed by atoms with Crippen molar-refractivity contribution in [2.45, 2.75) is 63.6 Å². The van der Waals surface area contributed by atoms with Crippen LogP contribution in [0.4, 0.5) is 0 Å². The molecule has 0 unspecified atom stereocenters. The first-order chi connectivity index (χ1) is 24.4. The van der Waals surface area contributed by atoms with Crippen LogP contribution in [0.2, 0.25) is 0 Å². The molecule has 0 spiro atoms. The van der Waals surface area contributed by atoms with Crippen molar-refractivity contribution >= 4 is 24.1 Å². The van der Waals surface area contributed by atoms with Crippen LogP contribution in [0, 0.1) is 22.7 Å². The van der Waals surface area contributed by atoms with Crippen molar-refractivity contribution in [1.82, 2.24) is 0 Å². The van der Waals surface area contributed by atoms with E-state index in [2.05, 4.69) is 0 Å². The summed E-state index contributed by atoms with van der Waals surface area (Å²) in [6.45, 7) is -1.23. The quantitative estimate of drug-likeness (QED) is 0.0559. The van der Waals surface area contributed by atoms with Gasteiger partial charge in [0.25, 0.3) is 0 Å². The summed E-state index contributed by atoms with van der Waals surface area (Å²) in [5, 5.41) is 90.4. The fraction of sp³-hybridized carbons (Fsp3) is 0.526. The average Bonchev–Trinajstić information content (AvgIpc) is 3.12. The number of esters is 2. The summed E-state index contributed by atoms with van der Waals surface area (Å²) < 4.78 is 11.5. The topological polar surface area (TPSA) is 235 Å². The van der Waals surface area contributed by atoms with Crippen molar-refractivity contribution in [2.24, 2.45) is 22.7 Å². The highest BCUT2D eigenvalue weighted by Crippen LogP contribution is 2.43. The number of carbonyl (C=O) groups is 2. The molecule has 0 bridgehead atoms. The van der Waals surface area contributed by atoms with Crippen molar-refractivity contribution in [3.05, 3.63) is 64.7 Å². The van der Waals surface area contributed by atoms with Gasteiger partial charge in [0.05, 0.1) is 49.8 Å². The molecule has 51 heavy (non-hydrogen) atoms. The van der Waals surface area contributed by atoms with Crippen LogP contribution in [0.15, 0.2) is 53.6 Å². The van der Waals surface area contributed by atoms with Gasteiger partial charge in [-0.1, -0.05) is 18.2 Å². The summed E-state index contributed by atoms with van der Waals surface area (Å²) in [5.74, 6) is -3.27. The van der Waals surface area contributed by atoms with Gasteiger partial charge in [0, 0.05) is 24.0 Å². The van der Waals surface area contributed by atoms with Crippen LogP contribution >= 0.6 is 0 Å². The van der Waals surface area contributed by atoms with E-state index in [1.165, 1.54) is 54.6 Å². The van der Waals surface area contributed by atoms with Crippen molar-refractivity contribution in [1.29, 1.82) is 0 Å². The Balaban J connectivity index is 1.62. The summed E-state index contributed by atoms with van der Waals surface area (Å²) in [5.41, 5.74) is -1.49. The van der Waals surface area contributed by atoms with Crippen LogP contribution in [-0.4, -0.2) is 110 Å². The van der Waals surface area contributed by atoms with Crippen LogP contribution in [0.1, 0.15) is 62.5 Å². The molecule has 13 heteroatoms. The van der Waals surface area contributed by atoms with E-state index >= 15 is 0 Å². The number of phenolic OH excluding ortho intramolecular Hbond substituents is 3. The molecule has 2 aliphatic rings. The lowest BCUT2D eigenvalue weighted by molar-refractivity contribution is -0.146. The Labute approximate surface area is 296 Å². The highest BCUT2D eigenvalue weighted by molar-refractivity contribution is 6.12. The Morgan fingerprint density at radius 1 is 0.667 bits per heavy atom. The van der Waals surface area contributed by atoms with Gasteiger partial charge < -0.3 is 55.4 Å². The SMILES string of the molecule is O=C(OC[C@H]1CC[C@](CO)(CCO)[C@@H](O)C1)C(=C/c1ccc(O)cc1)/C(=C\c1ccc(O)c(O)c1)C(=O)OC[C@H]1CC[C@](CO)(CCO)[C@@H](O)C1. The van der Waals surface area contributed by atoms with Crippen LogP contribution in [0.3, 0.4) is 0 Å². The van der Waals surface area contributed by atoms with Gasteiger partial charge in [0.1, 0.15) is 5.75 Å². The van der Waals surface area contributed by atoms with E-state index in [1.54, 1.807) is 0 Å². The Kier molecular flexibility index (Phi) is 14.0. The number of aliphatic hydroxyl groups is 6. The molecule has 2 fully saturated rings. The molecule has 0 aliphatic heterocycles. The minimum atomic E-state index is -0.938. The first kappa shape index (κ1) is 39.8. The summed E-state index contributed by atoms with van der Waals surface area (Å²) in [4.78, 5) is 27.8. The number of ether oxygens (including phenoxy) is 2. The van der Waals surface area contributed by atoms with Gasteiger partial charge in [0.15, 0.2) is 11.5 Å². The van der Waals surface area contributed by atoms with Gasteiger partial charge in [-0.25, -0.2) is 9.59 Å². The second-order valence-electron chi connectivity index (χ2n) is 14.0. The number of phenols is 3. The highest BCUT2D eigenvalue weighted by atomic mass is 16.5. The lowest BCUT2D eigenvalue weighted by Gasteiger charge is -2.42. The zero-order valence-corrected chi connectivity index (χ0v) is 28.6. The smallest absolute Gasteiger partial charge is 0.339 e. The van der Waals surface area contributed by atoms with E-state index in [0.717, 1.165) is 0 Å². The maximum atomic E-state index is 13.9. The molecule has 2 aliphatic carbocycles. The van der Waals surface area contributed by atoms with Crippen molar-refractivity contribution in [2.75, 3.05) is 39.6 Å². The van der Waals surface area contributed by atoms with Gasteiger partial charge >= 0.3 is 11.9 Å². The summed E-state index contributed by atoms with van der Waals surface area (Å²) in [6.07, 6.45) is 3.49. The lowest BCUT2D eigenvalue weighted by atomic mass is 9.67. The maximum absolute atomic E-state index is 13.9. The van der Waals surface area contributed by atoms with Gasteiger partial charge in [0.2, 0.25) is 0 Å².